The number of carbonyl (C=O) groups excluding carboxylic acids is 4. The molecule has 0 unspecified atom stereocenters. The van der Waals surface area contributed by atoms with Crippen molar-refractivity contribution in [1.82, 2.24) is 4.90 Å². The zero-order valence-electron chi connectivity index (χ0n) is 26.9. The molecule has 0 bridgehead atoms. The first kappa shape index (κ1) is 39.2. The van der Waals surface area contributed by atoms with Crippen LogP contribution in [0, 0.1) is 27.7 Å². The second-order valence-corrected chi connectivity index (χ2v) is 11.5. The van der Waals surface area contributed by atoms with Crippen molar-refractivity contribution < 1.29 is 23.9 Å². The van der Waals surface area contributed by atoms with Crippen LogP contribution in [0.2, 0.25) is 0 Å². The van der Waals surface area contributed by atoms with E-state index in [2.05, 4.69) is 94.8 Å². The van der Waals surface area contributed by atoms with Gasteiger partial charge in [0.05, 0.1) is 0 Å². The van der Waals surface area contributed by atoms with Crippen LogP contribution in [0.1, 0.15) is 83.4 Å². The van der Waals surface area contributed by atoms with Crippen molar-refractivity contribution >= 4 is 45.2 Å². The molecular weight excluding hydrogens is 558 g/mol. The van der Waals surface area contributed by atoms with Crippen molar-refractivity contribution in [3.8, 4) is 0 Å². The number of imide groups is 1. The van der Waals surface area contributed by atoms with Gasteiger partial charge in [-0.05, 0) is 83.5 Å². The maximum absolute atomic E-state index is 11.0. The fourth-order valence-corrected chi connectivity index (χ4v) is 4.49. The summed E-state index contributed by atoms with van der Waals surface area (Å²) in [5.41, 5.74) is 6.13. The van der Waals surface area contributed by atoms with E-state index in [4.69, 9.17) is 0 Å². The number of likely N-dealkylation sites (N-methyl/N-ethyl adjacent to an activating group) is 1. The molecule has 43 heavy (non-hydrogen) atoms. The standard InChI is InChI=1S/C10H10S.C8H10.C7H9NO2.C6H6O3.C4H10.CH4/c1-7-8(2)11-10-6-4-3-5-9(7)10;1-7-5-3-4-6-8(7)2;1-4-5(2)7(10)8(3)6(4)9;1-3-4(2)6(8)9-5(3)7;1-3-4-2;/h3-6H,1-2H3;3-6H,1-2H3;1-3H3;1-2H3;3-4H2,1-2H3;1H4. The predicted octanol–water partition coefficient (Wildman–Crippen LogP) is 8.99. The minimum absolute atomic E-state index is 0. The molecule has 2 aliphatic rings. The van der Waals surface area contributed by atoms with Gasteiger partial charge in [0, 0.05) is 38.9 Å². The van der Waals surface area contributed by atoms with Crippen molar-refractivity contribution in [2.24, 2.45) is 0 Å². The molecule has 0 fully saturated rings. The summed E-state index contributed by atoms with van der Waals surface area (Å²) < 4.78 is 5.64. The number of nitrogens with zero attached hydrogens (tertiary/aromatic N) is 1. The molecule has 0 radical (unpaired) electrons. The molecule has 1 aromatic heterocycles. The van der Waals surface area contributed by atoms with Crippen LogP contribution in [0.4, 0.5) is 0 Å². The van der Waals surface area contributed by atoms with Gasteiger partial charge < -0.3 is 4.74 Å². The molecule has 3 aromatic rings. The molecule has 5 rings (SSSR count). The van der Waals surface area contributed by atoms with E-state index in [9.17, 15) is 19.2 Å². The summed E-state index contributed by atoms with van der Waals surface area (Å²) in [6.45, 7) is 19.4. The first-order chi connectivity index (χ1) is 19.7. The maximum atomic E-state index is 11.0. The van der Waals surface area contributed by atoms with Crippen LogP contribution in [0.5, 0.6) is 0 Å². The molecule has 0 saturated heterocycles. The van der Waals surface area contributed by atoms with Gasteiger partial charge in [0.25, 0.3) is 11.8 Å². The van der Waals surface area contributed by atoms with Crippen molar-refractivity contribution in [2.45, 2.75) is 89.5 Å². The van der Waals surface area contributed by atoms with Crippen LogP contribution in [0.15, 0.2) is 70.8 Å². The molecule has 2 aromatic carbocycles. The monoisotopic (exact) mass is 607 g/mol. The van der Waals surface area contributed by atoms with E-state index in [-0.39, 0.29) is 19.2 Å². The van der Waals surface area contributed by atoms with Gasteiger partial charge in [-0.1, -0.05) is 76.6 Å². The van der Waals surface area contributed by atoms with Crippen molar-refractivity contribution in [3.63, 3.8) is 0 Å². The van der Waals surface area contributed by atoms with E-state index in [0.717, 1.165) is 4.90 Å². The van der Waals surface area contributed by atoms with Crippen molar-refractivity contribution in [3.05, 3.63) is 92.4 Å². The second-order valence-electron chi connectivity index (χ2n) is 10.2. The number of cyclic esters (lactones) is 2. The molecule has 0 atom stereocenters. The molecule has 7 heteroatoms. The lowest BCUT2D eigenvalue weighted by molar-refractivity contribution is -0.151. The molecule has 234 valence electrons. The molecule has 0 spiro atoms. The van der Waals surface area contributed by atoms with Gasteiger partial charge in [0.1, 0.15) is 0 Å². The third-order valence-electron chi connectivity index (χ3n) is 7.18. The highest BCUT2D eigenvalue weighted by molar-refractivity contribution is 7.19. The Morgan fingerprint density at radius 1 is 0.628 bits per heavy atom. The van der Waals surface area contributed by atoms with Gasteiger partial charge in [0.15, 0.2) is 0 Å². The number of amides is 2. The molecule has 6 nitrogen and oxygen atoms in total. The summed E-state index contributed by atoms with van der Waals surface area (Å²) in [5, 5.41) is 1.41. The molecule has 3 heterocycles. The third-order valence-corrected chi connectivity index (χ3v) is 8.37. The van der Waals surface area contributed by atoms with Gasteiger partial charge >= 0.3 is 11.9 Å². The second kappa shape index (κ2) is 18.6. The van der Waals surface area contributed by atoms with Crippen LogP contribution < -0.4 is 0 Å². The van der Waals surface area contributed by atoms with Gasteiger partial charge in [0.2, 0.25) is 0 Å². The van der Waals surface area contributed by atoms with Crippen LogP contribution >= 0.6 is 11.3 Å². The zero-order valence-corrected chi connectivity index (χ0v) is 27.7. The highest BCUT2D eigenvalue weighted by Gasteiger charge is 2.29. The Balaban J connectivity index is 0.000000524. The number of fused-ring (bicyclic) bond motifs is 1. The van der Waals surface area contributed by atoms with Gasteiger partial charge in [-0.3, -0.25) is 14.5 Å². The number of unbranched alkanes of at least 4 members (excludes halogenated alkanes) is 1. The summed E-state index contributed by atoms with van der Waals surface area (Å²) in [4.78, 5) is 45.5. The highest BCUT2D eigenvalue weighted by Crippen LogP contribution is 2.29. The van der Waals surface area contributed by atoms with Crippen LogP contribution in [0.25, 0.3) is 10.1 Å². The minimum atomic E-state index is -0.516. The molecule has 0 N–H and O–H groups in total. The zero-order chi connectivity index (χ0) is 32.1. The van der Waals surface area contributed by atoms with Gasteiger partial charge in [-0.15, -0.1) is 11.3 Å². The largest absolute Gasteiger partial charge is 0.386 e. The number of hydrogen-bond acceptors (Lipinski definition) is 6. The number of carbonyl (C=O) groups is 4. The average molecular weight is 608 g/mol. The molecule has 2 amide bonds. The Bertz CT molecular complexity index is 1420. The van der Waals surface area contributed by atoms with Crippen LogP contribution in [-0.2, 0) is 23.9 Å². The lowest BCUT2D eigenvalue weighted by atomic mass is 10.1. The SMILES string of the molecule is C.CC1=C(C)C(=O)N(C)C1=O.CC1=C(C)C(=O)OC1=O.CCCC.Cc1ccccc1C.Cc1sc2ccccc2c1C. The maximum Gasteiger partial charge on any atom is 0.342 e. The quantitative estimate of drug-likeness (QED) is 0.157. The Hall–Kier alpha value is -3.84. The minimum Gasteiger partial charge on any atom is -0.386 e. The van der Waals surface area contributed by atoms with E-state index in [1.807, 2.05) is 11.3 Å². The summed E-state index contributed by atoms with van der Waals surface area (Å²) in [6.07, 6.45) is 2.64. The van der Waals surface area contributed by atoms with Crippen molar-refractivity contribution in [1.29, 1.82) is 0 Å². The number of esters is 2. The Kier molecular flexibility index (Phi) is 17.0. The predicted molar refractivity (Wildman–Crippen MR) is 180 cm³/mol. The number of rotatable bonds is 1. The van der Waals surface area contributed by atoms with E-state index >= 15 is 0 Å². The first-order valence-corrected chi connectivity index (χ1v) is 14.9. The number of aryl methyl sites for hydroxylation is 4. The highest BCUT2D eigenvalue weighted by atomic mass is 32.1. The molecular formula is C36H49NO5S. The third kappa shape index (κ3) is 11.1. The van der Waals surface area contributed by atoms with Crippen molar-refractivity contribution in [2.75, 3.05) is 7.05 Å². The summed E-state index contributed by atoms with van der Waals surface area (Å²) in [5.74, 6) is -1.39. The topological polar surface area (TPSA) is 80.8 Å². The summed E-state index contributed by atoms with van der Waals surface area (Å²) in [7, 11) is 1.49. The lowest BCUT2D eigenvalue weighted by Gasteiger charge is -2.04. The Morgan fingerprint density at radius 2 is 1.02 bits per heavy atom. The van der Waals surface area contributed by atoms with E-state index in [0.29, 0.717) is 22.3 Å². The molecule has 0 aliphatic carbocycles. The van der Waals surface area contributed by atoms with E-state index in [1.165, 1.54) is 51.5 Å². The van der Waals surface area contributed by atoms with Crippen LogP contribution in [0.3, 0.4) is 0 Å². The van der Waals surface area contributed by atoms with E-state index < -0.39 is 11.9 Å². The number of thiophene rings is 1. The van der Waals surface area contributed by atoms with Gasteiger partial charge in [-0.25, -0.2) is 9.59 Å². The summed E-state index contributed by atoms with van der Waals surface area (Å²) >= 11 is 1.88. The Labute approximate surface area is 262 Å². The smallest absolute Gasteiger partial charge is 0.342 e. The number of hydrogen-bond donors (Lipinski definition) is 0. The Morgan fingerprint density at radius 3 is 1.30 bits per heavy atom. The molecule has 0 saturated carbocycles. The number of benzene rings is 2. The fraction of sp³-hybridized carbons (Fsp3) is 0.389. The fourth-order valence-electron chi connectivity index (χ4n) is 3.42. The molecule has 2 aliphatic heterocycles. The average Bonchev–Trinajstić information content (AvgIpc) is 3.47. The van der Waals surface area contributed by atoms with Crippen LogP contribution in [-0.4, -0.2) is 35.7 Å². The van der Waals surface area contributed by atoms with E-state index in [1.54, 1.807) is 27.7 Å². The normalized spacial score (nSPS) is 13.6. The van der Waals surface area contributed by atoms with Gasteiger partial charge in [-0.2, -0.15) is 0 Å². The first-order valence-electron chi connectivity index (χ1n) is 14.1. The lowest BCUT2D eigenvalue weighted by Crippen LogP contribution is -2.26. The number of ether oxygens (including phenoxy) is 1. The summed E-state index contributed by atoms with van der Waals surface area (Å²) in [6, 6.07) is 16.9.